The van der Waals surface area contributed by atoms with E-state index in [1.54, 1.807) is 0 Å². The molecule has 11 heavy (non-hydrogen) atoms. The van der Waals surface area contributed by atoms with Crippen molar-refractivity contribution in [1.29, 1.82) is 0 Å². The van der Waals surface area contributed by atoms with Crippen LogP contribution in [0.15, 0.2) is 5.96 Å². The molecule has 0 atom stereocenters. The molecule has 0 radical (unpaired) electrons. The minimum absolute atomic E-state index is 0. The van der Waals surface area contributed by atoms with Gasteiger partial charge in [0, 0.05) is 0 Å². The van der Waals surface area contributed by atoms with Gasteiger partial charge < -0.3 is 1.43 Å². The van der Waals surface area contributed by atoms with E-state index in [1.807, 2.05) is 0 Å². The molecular weight excluding hydrogens is 154 g/mol. The summed E-state index contributed by atoms with van der Waals surface area (Å²) in [5.74, 6) is -4.42. The van der Waals surface area contributed by atoms with Crippen LogP contribution >= 0.6 is 0 Å². The molecule has 0 aliphatic heterocycles. The molecule has 0 saturated heterocycles. The minimum atomic E-state index is -1.78. The molecule has 0 bridgehead atoms. The second-order valence-electron chi connectivity index (χ2n) is 1.66. The van der Waals surface area contributed by atoms with Crippen LogP contribution in [-0.2, 0) is 0 Å². The molecule has 0 aliphatic carbocycles. The van der Waals surface area contributed by atoms with Crippen molar-refractivity contribution in [1.82, 2.24) is 0 Å². The zero-order chi connectivity index (χ0) is 7.72. The molecule has 0 fully saturated rings. The van der Waals surface area contributed by atoms with Crippen LogP contribution in [0.4, 0.5) is 17.6 Å². The maximum Gasteiger partial charge on any atom is 1.00 e. The predicted octanol–water partition coefficient (Wildman–Crippen LogP) is -1.30. The topological polar surface area (TPSA) is 0 Å². The van der Waals surface area contributed by atoms with Gasteiger partial charge >= 0.3 is 72.5 Å². The molecule has 0 N–H and O–H groups in total. The van der Waals surface area contributed by atoms with Crippen molar-refractivity contribution in [3.63, 3.8) is 0 Å². The van der Waals surface area contributed by atoms with E-state index in [1.165, 1.54) is 0 Å². The predicted molar refractivity (Wildman–Crippen MR) is 28.7 cm³/mol. The summed E-state index contributed by atoms with van der Waals surface area (Å²) in [5, 5.41) is 0. The monoisotopic (exact) mass is 156 g/mol. The molecular formula is C5H2BF4Li. The third-order valence-corrected chi connectivity index (χ3v) is 0.988. The van der Waals surface area contributed by atoms with Gasteiger partial charge in [-0.05, 0) is 0 Å². The van der Waals surface area contributed by atoms with E-state index in [0.29, 0.717) is 12.9 Å². The van der Waals surface area contributed by atoms with Crippen LogP contribution < -0.4 is 18.9 Å². The standard InChI is InChI=1S/C5HBF4.Li.H/c7-2-1-6-5(10)4(9)3(2)8;;/h1H;;/q;+1;-1. The molecule has 0 nitrogen and oxygen atoms in total. The summed E-state index contributed by atoms with van der Waals surface area (Å²) in [6.07, 6.45) is 0. The Morgan fingerprint density at radius 1 is 1.09 bits per heavy atom. The quantitative estimate of drug-likeness (QED) is 0.323. The van der Waals surface area contributed by atoms with Crippen molar-refractivity contribution in [2.45, 2.75) is 0 Å². The van der Waals surface area contributed by atoms with Gasteiger partial charge in [-0.15, -0.1) is 0 Å². The molecule has 6 heteroatoms. The van der Waals surface area contributed by atoms with E-state index in [9.17, 15) is 17.6 Å². The van der Waals surface area contributed by atoms with E-state index in [-0.39, 0.29) is 20.3 Å². The van der Waals surface area contributed by atoms with Gasteiger partial charge in [-0.1, -0.05) is 0 Å². The van der Waals surface area contributed by atoms with Crippen molar-refractivity contribution in [2.75, 3.05) is 0 Å². The molecule has 0 aliphatic rings. The number of hydrogen-bond acceptors (Lipinski definition) is 0. The van der Waals surface area contributed by atoms with Crippen LogP contribution in [0.2, 0.25) is 0 Å². The molecule has 0 amide bonds. The van der Waals surface area contributed by atoms with Crippen LogP contribution in [0.25, 0.3) is 0 Å². The summed E-state index contributed by atoms with van der Waals surface area (Å²) < 4.78 is 48.0. The molecule has 0 saturated carbocycles. The molecule has 0 aromatic carbocycles. The Morgan fingerprint density at radius 2 is 1.64 bits per heavy atom. The third-order valence-electron chi connectivity index (χ3n) is 0.988. The first kappa shape index (κ1) is 10.7. The number of rotatable bonds is 0. The Hall–Kier alpha value is -0.268. The van der Waals surface area contributed by atoms with Crippen molar-refractivity contribution in [2.24, 2.45) is 0 Å². The van der Waals surface area contributed by atoms with Crippen molar-refractivity contribution in [3.8, 4) is 0 Å². The number of halogens is 4. The van der Waals surface area contributed by atoms with Crippen molar-refractivity contribution >= 4 is 6.91 Å². The molecule has 1 aromatic rings. The van der Waals surface area contributed by atoms with Crippen molar-refractivity contribution < 1.29 is 37.8 Å². The molecule has 1 heterocycles. The van der Waals surface area contributed by atoms with E-state index < -0.39 is 23.2 Å². The van der Waals surface area contributed by atoms with E-state index in [4.69, 9.17) is 0 Å². The van der Waals surface area contributed by atoms with E-state index in [0.717, 1.165) is 0 Å². The van der Waals surface area contributed by atoms with Crippen LogP contribution in [0.3, 0.4) is 0 Å². The average molecular weight is 156 g/mol. The van der Waals surface area contributed by atoms with Crippen LogP contribution in [0.1, 0.15) is 1.43 Å². The normalized spacial score (nSPS) is 8.73. The van der Waals surface area contributed by atoms with Crippen LogP contribution in [0, 0.1) is 23.2 Å². The SMILES string of the molecule is Fc1bcc(F)c(F)c1F.[H-].[Li+]. The summed E-state index contributed by atoms with van der Waals surface area (Å²) in [6, 6.07) is 0. The van der Waals surface area contributed by atoms with Gasteiger partial charge in [0.05, 0.1) is 0 Å². The first-order valence-electron chi connectivity index (χ1n) is 2.42. The Kier molecular flexibility index (Phi) is 3.84. The van der Waals surface area contributed by atoms with Gasteiger partial charge in [-0.2, -0.15) is 0 Å². The largest absolute Gasteiger partial charge is 1.00 e. The van der Waals surface area contributed by atoms with Gasteiger partial charge in [0.1, 0.15) is 0 Å². The van der Waals surface area contributed by atoms with Crippen LogP contribution in [0.5, 0.6) is 0 Å². The molecule has 1 rings (SSSR count). The average Bonchev–Trinajstić information content (AvgIpc) is 1.93. The fourth-order valence-electron chi connectivity index (χ4n) is 0.502. The van der Waals surface area contributed by atoms with E-state index >= 15 is 0 Å². The minimum Gasteiger partial charge on any atom is -1.00 e. The van der Waals surface area contributed by atoms with Crippen LogP contribution in [-0.4, -0.2) is 6.91 Å². The maximum absolute atomic E-state index is 12.0. The molecule has 0 spiro atoms. The summed E-state index contributed by atoms with van der Waals surface area (Å²) >= 11 is 0. The van der Waals surface area contributed by atoms with E-state index in [2.05, 4.69) is 0 Å². The Balaban J connectivity index is 0. The molecule has 1 aromatic heterocycles. The summed E-state index contributed by atoms with van der Waals surface area (Å²) in [5.41, 5.74) is -1.39. The summed E-state index contributed by atoms with van der Waals surface area (Å²) in [6.45, 7) is 0.522. The van der Waals surface area contributed by atoms with Gasteiger partial charge in [0.15, 0.2) is 0 Å². The summed E-state index contributed by atoms with van der Waals surface area (Å²) in [4.78, 5) is 0. The van der Waals surface area contributed by atoms with Gasteiger partial charge in [-0.3, -0.25) is 0 Å². The second-order valence-corrected chi connectivity index (χ2v) is 1.66. The molecule has 0 unspecified atom stereocenters. The zero-order valence-corrected chi connectivity index (χ0v) is 5.67. The third kappa shape index (κ3) is 2.08. The first-order valence-corrected chi connectivity index (χ1v) is 2.42. The molecule has 54 valence electrons. The summed E-state index contributed by atoms with van der Waals surface area (Å²) in [7, 11) is 0. The van der Waals surface area contributed by atoms with Crippen molar-refractivity contribution in [3.05, 3.63) is 29.1 Å². The fourth-order valence-corrected chi connectivity index (χ4v) is 0.502. The Bertz CT molecular complexity index is 243. The second kappa shape index (κ2) is 3.94. The Labute approximate surface area is 74.5 Å². The zero-order valence-electron chi connectivity index (χ0n) is 6.67. The van der Waals surface area contributed by atoms with Gasteiger partial charge in [-0.25, -0.2) is 0 Å². The Morgan fingerprint density at radius 3 is 2.09 bits per heavy atom. The first-order chi connectivity index (χ1) is 4.63. The number of hydrogen-bond donors (Lipinski definition) is 0. The van der Waals surface area contributed by atoms with Gasteiger partial charge in [0.2, 0.25) is 0 Å². The maximum atomic E-state index is 12.0. The van der Waals surface area contributed by atoms with Gasteiger partial charge in [0.25, 0.3) is 0 Å². The fraction of sp³-hybridized carbons (Fsp3) is 0. The smallest absolute Gasteiger partial charge is 1.00 e.